The van der Waals surface area contributed by atoms with Gasteiger partial charge in [0.1, 0.15) is 17.6 Å². The summed E-state index contributed by atoms with van der Waals surface area (Å²) in [6.45, 7) is 2.21. The van der Waals surface area contributed by atoms with Gasteiger partial charge in [0.05, 0.1) is 18.6 Å². The van der Waals surface area contributed by atoms with Crippen LogP contribution in [-0.4, -0.2) is 62.7 Å². The number of nitrogens with zero attached hydrogens (tertiary/aromatic N) is 4. The van der Waals surface area contributed by atoms with Crippen molar-refractivity contribution >= 4 is 52.0 Å². The number of ether oxygens (including phenoxy) is 1. The molecule has 0 aliphatic carbocycles. The number of nitrogens with one attached hydrogen (secondary N) is 3. The van der Waals surface area contributed by atoms with Gasteiger partial charge in [0, 0.05) is 30.3 Å². The number of aromatic nitrogens is 2. The SMILES string of the molecule is COc1ccc(CNC(=O)CCC2C(=O)N=C3c4ccccc4N=C(SCC(=O)Nc4cc(C)[nH]n4)N32)cc1. The van der Waals surface area contributed by atoms with Crippen LogP contribution in [0.4, 0.5) is 11.5 Å². The molecule has 0 fully saturated rings. The topological polar surface area (TPSA) is 141 Å². The van der Waals surface area contributed by atoms with Gasteiger partial charge in [0.15, 0.2) is 11.0 Å². The zero-order valence-electron chi connectivity index (χ0n) is 21.4. The van der Waals surface area contributed by atoms with Crippen molar-refractivity contribution in [2.75, 3.05) is 18.2 Å². The highest BCUT2D eigenvalue weighted by atomic mass is 32.2. The maximum atomic E-state index is 13.0. The quantitative estimate of drug-likeness (QED) is 0.375. The van der Waals surface area contributed by atoms with E-state index in [1.807, 2.05) is 55.5 Å². The number of aromatic amines is 1. The number of para-hydroxylation sites is 1. The largest absolute Gasteiger partial charge is 0.497 e. The van der Waals surface area contributed by atoms with Gasteiger partial charge < -0.3 is 15.4 Å². The van der Waals surface area contributed by atoms with Crippen molar-refractivity contribution in [1.82, 2.24) is 20.4 Å². The third-order valence-corrected chi connectivity index (χ3v) is 7.16. The minimum absolute atomic E-state index is 0.0555. The van der Waals surface area contributed by atoms with Crippen LogP contribution < -0.4 is 15.4 Å². The molecule has 2 aromatic carbocycles. The number of rotatable bonds is 9. The van der Waals surface area contributed by atoms with Crippen LogP contribution in [0.1, 0.15) is 29.7 Å². The number of thioether (sulfide) groups is 1. The van der Waals surface area contributed by atoms with Crippen LogP contribution in [0.25, 0.3) is 0 Å². The van der Waals surface area contributed by atoms with Gasteiger partial charge in [-0.1, -0.05) is 36.0 Å². The number of anilines is 1. The maximum absolute atomic E-state index is 13.0. The molecule has 3 aromatic rings. The number of fused-ring (bicyclic) bond motifs is 3. The molecule has 1 aromatic heterocycles. The predicted molar refractivity (Wildman–Crippen MR) is 149 cm³/mol. The molecule has 0 bridgehead atoms. The van der Waals surface area contributed by atoms with Crippen LogP contribution >= 0.6 is 11.8 Å². The van der Waals surface area contributed by atoms with E-state index in [2.05, 4.69) is 25.8 Å². The maximum Gasteiger partial charge on any atom is 0.270 e. The highest BCUT2D eigenvalue weighted by molar-refractivity contribution is 8.14. The molecular weight excluding hydrogens is 518 g/mol. The minimum atomic E-state index is -0.691. The summed E-state index contributed by atoms with van der Waals surface area (Å²) in [6, 6.07) is 15.9. The van der Waals surface area contributed by atoms with Gasteiger partial charge in [-0.05, 0) is 43.2 Å². The predicted octanol–water partition coefficient (Wildman–Crippen LogP) is 3.15. The van der Waals surface area contributed by atoms with E-state index in [9.17, 15) is 14.4 Å². The van der Waals surface area contributed by atoms with Crippen LogP contribution in [0.3, 0.4) is 0 Å². The smallest absolute Gasteiger partial charge is 0.270 e. The Morgan fingerprint density at radius 1 is 1.10 bits per heavy atom. The molecule has 0 saturated heterocycles. The monoisotopic (exact) mass is 545 g/mol. The summed E-state index contributed by atoms with van der Waals surface area (Å²) in [5.41, 5.74) is 3.18. The van der Waals surface area contributed by atoms with Crippen molar-refractivity contribution < 1.29 is 19.1 Å². The first-order chi connectivity index (χ1) is 18.9. The van der Waals surface area contributed by atoms with Crippen LogP contribution in [-0.2, 0) is 20.9 Å². The second kappa shape index (κ2) is 11.5. The Kier molecular flexibility index (Phi) is 7.73. The van der Waals surface area contributed by atoms with E-state index in [4.69, 9.17) is 9.73 Å². The van der Waals surface area contributed by atoms with E-state index >= 15 is 0 Å². The minimum Gasteiger partial charge on any atom is -0.497 e. The summed E-state index contributed by atoms with van der Waals surface area (Å²) < 4.78 is 5.16. The summed E-state index contributed by atoms with van der Waals surface area (Å²) in [4.78, 5) is 49.0. The summed E-state index contributed by atoms with van der Waals surface area (Å²) in [7, 11) is 1.60. The summed E-state index contributed by atoms with van der Waals surface area (Å²) in [5.74, 6) is 0.948. The number of carbonyl (C=O) groups excluding carboxylic acids is 3. The molecule has 5 rings (SSSR count). The van der Waals surface area contributed by atoms with E-state index in [1.165, 1.54) is 11.8 Å². The fourth-order valence-electron chi connectivity index (χ4n) is 4.27. The first kappa shape index (κ1) is 26.2. The van der Waals surface area contributed by atoms with E-state index in [-0.39, 0.29) is 36.3 Å². The highest BCUT2D eigenvalue weighted by Crippen LogP contribution is 2.35. The van der Waals surface area contributed by atoms with Gasteiger partial charge in [-0.25, -0.2) is 4.99 Å². The van der Waals surface area contributed by atoms with Crippen molar-refractivity contribution in [2.24, 2.45) is 9.98 Å². The Balaban J connectivity index is 1.25. The number of benzene rings is 2. The highest BCUT2D eigenvalue weighted by Gasteiger charge is 2.41. The van der Waals surface area contributed by atoms with Crippen molar-refractivity contribution in [3.8, 4) is 5.75 Å². The molecule has 3 heterocycles. The number of aliphatic imine (C=N–C) groups is 2. The van der Waals surface area contributed by atoms with Gasteiger partial charge in [-0.15, -0.1) is 0 Å². The lowest BCUT2D eigenvalue weighted by Crippen LogP contribution is -2.44. The van der Waals surface area contributed by atoms with Crippen LogP contribution in [0, 0.1) is 6.92 Å². The fraction of sp³-hybridized carbons (Fsp3) is 0.259. The first-order valence-electron chi connectivity index (χ1n) is 12.4. The van der Waals surface area contributed by atoms with Crippen molar-refractivity contribution in [2.45, 2.75) is 32.4 Å². The molecule has 2 aliphatic rings. The van der Waals surface area contributed by atoms with Gasteiger partial charge >= 0.3 is 0 Å². The number of aryl methyl sites for hydroxylation is 1. The molecule has 2 aliphatic heterocycles. The van der Waals surface area contributed by atoms with Crippen LogP contribution in [0.15, 0.2) is 64.6 Å². The van der Waals surface area contributed by atoms with Gasteiger partial charge in [-0.3, -0.25) is 24.4 Å². The molecule has 0 radical (unpaired) electrons. The lowest BCUT2D eigenvalue weighted by molar-refractivity contribution is -0.122. The summed E-state index contributed by atoms with van der Waals surface area (Å²) in [5, 5.41) is 12.9. The van der Waals surface area contributed by atoms with Crippen molar-refractivity contribution in [3.63, 3.8) is 0 Å². The Bertz CT molecular complexity index is 1460. The molecule has 12 heteroatoms. The third-order valence-electron chi connectivity index (χ3n) is 6.21. The fourth-order valence-corrected chi connectivity index (χ4v) is 5.12. The number of hydrogen-bond donors (Lipinski definition) is 3. The normalized spacial score (nSPS) is 15.7. The number of carbonyl (C=O) groups is 3. The molecule has 200 valence electrons. The summed E-state index contributed by atoms with van der Waals surface area (Å²) >= 11 is 1.20. The van der Waals surface area contributed by atoms with Crippen LogP contribution in [0.2, 0.25) is 0 Å². The van der Waals surface area contributed by atoms with E-state index in [0.29, 0.717) is 29.1 Å². The molecular formula is C27H27N7O4S. The molecule has 1 atom stereocenters. The van der Waals surface area contributed by atoms with Gasteiger partial charge in [-0.2, -0.15) is 10.1 Å². The Morgan fingerprint density at radius 2 is 1.90 bits per heavy atom. The Morgan fingerprint density at radius 3 is 2.64 bits per heavy atom. The average Bonchev–Trinajstić information content (AvgIpc) is 3.51. The Hall–Kier alpha value is -4.45. The zero-order chi connectivity index (χ0) is 27.4. The van der Waals surface area contributed by atoms with Crippen LogP contribution in [0.5, 0.6) is 5.75 Å². The average molecular weight is 546 g/mol. The molecule has 3 N–H and O–H groups in total. The number of amidine groups is 2. The van der Waals surface area contributed by atoms with E-state index < -0.39 is 6.04 Å². The molecule has 1 unspecified atom stereocenters. The number of methoxy groups -OCH3 is 1. The van der Waals surface area contributed by atoms with Gasteiger partial charge in [0.25, 0.3) is 5.91 Å². The molecule has 0 saturated carbocycles. The number of H-pyrrole nitrogens is 1. The molecule has 11 nitrogen and oxygen atoms in total. The lowest BCUT2D eigenvalue weighted by Gasteiger charge is -2.31. The third kappa shape index (κ3) is 6.01. The molecule has 39 heavy (non-hydrogen) atoms. The Labute approximate surface area is 229 Å². The second-order valence-corrected chi connectivity index (χ2v) is 9.95. The molecule has 3 amide bonds. The summed E-state index contributed by atoms with van der Waals surface area (Å²) in [6.07, 6.45) is 0.380. The van der Waals surface area contributed by atoms with Crippen molar-refractivity contribution in [3.05, 3.63) is 71.4 Å². The number of amides is 3. The van der Waals surface area contributed by atoms with Crippen molar-refractivity contribution in [1.29, 1.82) is 0 Å². The van der Waals surface area contributed by atoms with Gasteiger partial charge in [0.2, 0.25) is 11.8 Å². The number of hydrogen-bond acceptors (Lipinski definition) is 8. The lowest BCUT2D eigenvalue weighted by atomic mass is 10.1. The first-order valence-corrected chi connectivity index (χ1v) is 13.3. The van der Waals surface area contributed by atoms with E-state index in [1.54, 1.807) is 18.1 Å². The molecule has 0 spiro atoms. The zero-order valence-corrected chi connectivity index (χ0v) is 22.2. The standard InChI is InChI=1S/C27H27N7O4S/c1-16-13-22(33-32-16)30-24(36)15-39-27-29-20-6-4-3-5-19(20)25-31-26(37)21(34(25)27)11-12-23(35)28-14-17-7-9-18(38-2)10-8-17/h3-10,13,21H,11-12,14-15H2,1-2H3,(H,28,35)(H2,30,32,33,36). The van der Waals surface area contributed by atoms with E-state index in [0.717, 1.165) is 22.6 Å². The second-order valence-electron chi connectivity index (χ2n) is 9.01.